The molecule has 0 aliphatic heterocycles. The number of hydrogen-bond donors (Lipinski definition) is 1. The third kappa shape index (κ3) is 3.92. The van der Waals surface area contributed by atoms with Crippen LogP contribution < -0.4 is 4.74 Å². The van der Waals surface area contributed by atoms with Gasteiger partial charge >= 0.3 is 0 Å². The van der Waals surface area contributed by atoms with Crippen LogP contribution in [0.15, 0.2) is 18.2 Å². The number of unbranched alkanes of at least 4 members (excludes halogenated alkanes) is 2. The average Bonchev–Trinajstić information content (AvgIpc) is 2.25. The molecule has 0 aliphatic rings. The molecular weight excluding hydrogens is 188 g/mol. The van der Waals surface area contributed by atoms with Gasteiger partial charge in [-0.05, 0) is 36.6 Å². The highest BCUT2D eigenvalue weighted by Gasteiger charge is 1.99. The van der Waals surface area contributed by atoms with Crippen LogP contribution in [0.25, 0.3) is 0 Å². The Morgan fingerprint density at radius 3 is 2.67 bits per heavy atom. The van der Waals surface area contributed by atoms with E-state index in [0.717, 1.165) is 29.9 Å². The Morgan fingerprint density at radius 1 is 1.27 bits per heavy atom. The topological polar surface area (TPSA) is 29.5 Å². The van der Waals surface area contributed by atoms with Gasteiger partial charge in [0.1, 0.15) is 5.75 Å². The summed E-state index contributed by atoms with van der Waals surface area (Å²) in [4.78, 5) is 0. The molecular formula is C13H20O2. The van der Waals surface area contributed by atoms with Gasteiger partial charge in [-0.1, -0.05) is 25.8 Å². The first-order valence-corrected chi connectivity index (χ1v) is 5.61. The second-order valence-electron chi connectivity index (χ2n) is 3.80. The molecule has 0 spiro atoms. The van der Waals surface area contributed by atoms with E-state index < -0.39 is 0 Å². The molecule has 0 unspecified atom stereocenters. The smallest absolute Gasteiger partial charge is 0.119 e. The molecule has 1 aromatic carbocycles. The Balaban J connectivity index is 2.45. The summed E-state index contributed by atoms with van der Waals surface area (Å²) in [5, 5.41) is 9.01. The van der Waals surface area contributed by atoms with Gasteiger partial charge in [0.25, 0.3) is 0 Å². The molecule has 0 saturated heterocycles. The first-order valence-electron chi connectivity index (χ1n) is 5.61. The number of aryl methyl sites for hydroxylation is 1. The van der Waals surface area contributed by atoms with Gasteiger partial charge in [-0.2, -0.15) is 0 Å². The fourth-order valence-electron chi connectivity index (χ4n) is 1.48. The minimum absolute atomic E-state index is 0.0992. The van der Waals surface area contributed by atoms with Crippen molar-refractivity contribution < 1.29 is 9.84 Å². The normalized spacial score (nSPS) is 10.3. The number of rotatable bonds is 6. The zero-order valence-corrected chi connectivity index (χ0v) is 9.62. The molecule has 2 nitrogen and oxygen atoms in total. The standard InChI is InChI=1S/C13H20O2/c1-3-4-5-8-15-13-7-6-12(10-14)11(2)9-13/h6-7,9,14H,3-5,8,10H2,1-2H3. The molecule has 2 heteroatoms. The maximum atomic E-state index is 9.01. The average molecular weight is 208 g/mol. The van der Waals surface area contributed by atoms with E-state index in [4.69, 9.17) is 9.84 Å². The van der Waals surface area contributed by atoms with Gasteiger partial charge in [-0.3, -0.25) is 0 Å². The van der Waals surface area contributed by atoms with Crippen molar-refractivity contribution in [2.45, 2.75) is 39.7 Å². The van der Waals surface area contributed by atoms with E-state index in [-0.39, 0.29) is 6.61 Å². The molecule has 0 fully saturated rings. The van der Waals surface area contributed by atoms with Crippen molar-refractivity contribution in [2.75, 3.05) is 6.61 Å². The molecule has 0 radical (unpaired) electrons. The summed E-state index contributed by atoms with van der Waals surface area (Å²) in [6.07, 6.45) is 3.54. The highest BCUT2D eigenvalue weighted by atomic mass is 16.5. The molecule has 1 N–H and O–H groups in total. The zero-order valence-electron chi connectivity index (χ0n) is 9.62. The van der Waals surface area contributed by atoms with Crippen molar-refractivity contribution in [1.29, 1.82) is 0 Å². The van der Waals surface area contributed by atoms with Crippen LogP contribution in [0.2, 0.25) is 0 Å². The van der Waals surface area contributed by atoms with E-state index in [1.165, 1.54) is 12.8 Å². The van der Waals surface area contributed by atoms with Gasteiger partial charge < -0.3 is 9.84 Å². The van der Waals surface area contributed by atoms with Crippen molar-refractivity contribution in [3.63, 3.8) is 0 Å². The molecule has 0 aliphatic carbocycles. The van der Waals surface area contributed by atoms with Gasteiger partial charge in [0, 0.05) is 0 Å². The quantitative estimate of drug-likeness (QED) is 0.728. The van der Waals surface area contributed by atoms with Crippen LogP contribution >= 0.6 is 0 Å². The molecule has 84 valence electrons. The van der Waals surface area contributed by atoms with E-state index in [2.05, 4.69) is 6.92 Å². The van der Waals surface area contributed by atoms with Crippen molar-refractivity contribution in [1.82, 2.24) is 0 Å². The Morgan fingerprint density at radius 2 is 2.07 bits per heavy atom. The molecule has 0 aromatic heterocycles. The van der Waals surface area contributed by atoms with Gasteiger partial charge in [-0.25, -0.2) is 0 Å². The van der Waals surface area contributed by atoms with Crippen LogP contribution in [0.5, 0.6) is 5.75 Å². The Labute approximate surface area is 91.9 Å². The lowest BCUT2D eigenvalue weighted by Crippen LogP contribution is -1.98. The lowest BCUT2D eigenvalue weighted by molar-refractivity contribution is 0.280. The van der Waals surface area contributed by atoms with Crippen molar-refractivity contribution in [3.05, 3.63) is 29.3 Å². The van der Waals surface area contributed by atoms with E-state index in [0.29, 0.717) is 0 Å². The summed E-state index contributed by atoms with van der Waals surface area (Å²) < 4.78 is 5.61. The fraction of sp³-hybridized carbons (Fsp3) is 0.538. The van der Waals surface area contributed by atoms with Crippen LogP contribution in [-0.2, 0) is 6.61 Å². The predicted octanol–water partition coefficient (Wildman–Crippen LogP) is 3.06. The van der Waals surface area contributed by atoms with Crippen LogP contribution in [-0.4, -0.2) is 11.7 Å². The minimum Gasteiger partial charge on any atom is -0.494 e. The maximum Gasteiger partial charge on any atom is 0.119 e. The van der Waals surface area contributed by atoms with Gasteiger partial charge in [0.05, 0.1) is 13.2 Å². The highest BCUT2D eigenvalue weighted by molar-refractivity contribution is 5.34. The first kappa shape index (κ1) is 12.1. The third-order valence-electron chi connectivity index (χ3n) is 2.50. The molecule has 1 aromatic rings. The summed E-state index contributed by atoms with van der Waals surface area (Å²) in [7, 11) is 0. The van der Waals surface area contributed by atoms with Gasteiger partial charge in [-0.15, -0.1) is 0 Å². The highest BCUT2D eigenvalue weighted by Crippen LogP contribution is 2.17. The second kappa shape index (κ2) is 6.46. The third-order valence-corrected chi connectivity index (χ3v) is 2.50. The molecule has 0 bridgehead atoms. The summed E-state index contributed by atoms with van der Waals surface area (Å²) in [5.41, 5.74) is 2.06. The van der Waals surface area contributed by atoms with Crippen LogP contribution in [0.4, 0.5) is 0 Å². The summed E-state index contributed by atoms with van der Waals surface area (Å²) in [6, 6.07) is 5.83. The van der Waals surface area contributed by atoms with E-state index in [1.807, 2.05) is 25.1 Å². The molecule has 15 heavy (non-hydrogen) atoms. The monoisotopic (exact) mass is 208 g/mol. The number of aliphatic hydroxyl groups is 1. The van der Waals surface area contributed by atoms with E-state index in [1.54, 1.807) is 0 Å². The summed E-state index contributed by atoms with van der Waals surface area (Å²) >= 11 is 0. The largest absolute Gasteiger partial charge is 0.494 e. The number of ether oxygens (including phenoxy) is 1. The van der Waals surface area contributed by atoms with Crippen LogP contribution in [0, 0.1) is 6.92 Å². The molecule has 0 heterocycles. The Bertz CT molecular complexity index is 295. The van der Waals surface area contributed by atoms with Crippen molar-refractivity contribution in [3.8, 4) is 5.75 Å². The van der Waals surface area contributed by atoms with Gasteiger partial charge in [0.15, 0.2) is 0 Å². The Kier molecular flexibility index (Phi) is 5.19. The SMILES string of the molecule is CCCCCOc1ccc(CO)c(C)c1. The lowest BCUT2D eigenvalue weighted by atomic mass is 10.1. The summed E-state index contributed by atoms with van der Waals surface area (Å²) in [6.45, 7) is 5.05. The van der Waals surface area contributed by atoms with Crippen LogP contribution in [0.1, 0.15) is 37.3 Å². The predicted molar refractivity (Wildman–Crippen MR) is 62.1 cm³/mol. The molecule has 1 rings (SSSR count). The van der Waals surface area contributed by atoms with E-state index >= 15 is 0 Å². The Hall–Kier alpha value is -1.02. The fourth-order valence-corrected chi connectivity index (χ4v) is 1.48. The zero-order chi connectivity index (χ0) is 11.1. The molecule has 0 atom stereocenters. The number of aliphatic hydroxyl groups excluding tert-OH is 1. The van der Waals surface area contributed by atoms with Crippen LogP contribution in [0.3, 0.4) is 0 Å². The van der Waals surface area contributed by atoms with Gasteiger partial charge in [0.2, 0.25) is 0 Å². The summed E-state index contributed by atoms with van der Waals surface area (Å²) in [5.74, 6) is 0.904. The number of hydrogen-bond acceptors (Lipinski definition) is 2. The van der Waals surface area contributed by atoms with Crippen molar-refractivity contribution in [2.24, 2.45) is 0 Å². The second-order valence-corrected chi connectivity index (χ2v) is 3.80. The number of benzene rings is 1. The maximum absolute atomic E-state index is 9.01. The molecule has 0 amide bonds. The first-order chi connectivity index (χ1) is 7.27. The van der Waals surface area contributed by atoms with Crippen molar-refractivity contribution >= 4 is 0 Å². The molecule has 0 saturated carbocycles. The van der Waals surface area contributed by atoms with E-state index in [9.17, 15) is 0 Å². The minimum atomic E-state index is 0.0992. The lowest BCUT2D eigenvalue weighted by Gasteiger charge is -2.08.